The molecule has 0 spiro atoms. The van der Waals surface area contributed by atoms with Crippen LogP contribution >= 0.6 is 0 Å². The fourth-order valence-corrected chi connectivity index (χ4v) is 7.00. The van der Waals surface area contributed by atoms with Gasteiger partial charge in [-0.15, -0.1) is 0 Å². The van der Waals surface area contributed by atoms with Crippen molar-refractivity contribution < 1.29 is 0 Å². The molecule has 0 saturated heterocycles. The van der Waals surface area contributed by atoms with Gasteiger partial charge in [-0.05, 0) is 72.8 Å². The lowest BCUT2D eigenvalue weighted by Crippen LogP contribution is -2.02. The van der Waals surface area contributed by atoms with Gasteiger partial charge < -0.3 is 0 Å². The molecule has 9 aromatic rings. The van der Waals surface area contributed by atoms with Crippen LogP contribution in [0.25, 0.3) is 88.7 Å². The average molecular weight is 637 g/mol. The molecule has 0 saturated carbocycles. The van der Waals surface area contributed by atoms with E-state index in [1.807, 2.05) is 66.7 Å². The SMILES string of the molecule is N#Cc1ccc(-c2cccc(-c3nc(-c4ccccc4)nc(-c4c5ccccc5c(-c5ccccc5)c5c4ccc4ccccc45)n3)c2)cc1. The van der Waals surface area contributed by atoms with Crippen LogP contribution in [-0.2, 0) is 0 Å². The highest BCUT2D eigenvalue weighted by Gasteiger charge is 2.22. The molecule has 0 atom stereocenters. The Bertz CT molecular complexity index is 2750. The molecule has 0 N–H and O–H groups in total. The topological polar surface area (TPSA) is 62.5 Å². The molecular formula is C46H28N4. The van der Waals surface area contributed by atoms with Crippen molar-refractivity contribution >= 4 is 32.3 Å². The number of nitriles is 1. The normalized spacial score (nSPS) is 11.2. The second-order valence-corrected chi connectivity index (χ2v) is 12.3. The zero-order valence-electron chi connectivity index (χ0n) is 27.0. The molecule has 1 aromatic heterocycles. The molecule has 50 heavy (non-hydrogen) atoms. The number of hydrogen-bond acceptors (Lipinski definition) is 4. The summed E-state index contributed by atoms with van der Waals surface area (Å²) in [5.41, 5.74) is 7.80. The minimum Gasteiger partial charge on any atom is -0.208 e. The van der Waals surface area contributed by atoms with E-state index in [-0.39, 0.29) is 0 Å². The molecule has 9 rings (SSSR count). The van der Waals surface area contributed by atoms with Crippen molar-refractivity contribution in [3.05, 3.63) is 175 Å². The van der Waals surface area contributed by atoms with E-state index in [0.29, 0.717) is 23.0 Å². The smallest absolute Gasteiger partial charge is 0.165 e. The second-order valence-electron chi connectivity index (χ2n) is 12.3. The van der Waals surface area contributed by atoms with Gasteiger partial charge >= 0.3 is 0 Å². The molecule has 8 aromatic carbocycles. The van der Waals surface area contributed by atoms with Crippen LogP contribution in [0.15, 0.2) is 170 Å². The van der Waals surface area contributed by atoms with E-state index in [1.165, 1.54) is 21.7 Å². The third-order valence-electron chi connectivity index (χ3n) is 9.34. The Hall–Kier alpha value is -6.96. The summed E-state index contributed by atoms with van der Waals surface area (Å²) in [5, 5.41) is 16.2. The van der Waals surface area contributed by atoms with E-state index in [1.54, 1.807) is 0 Å². The second kappa shape index (κ2) is 12.2. The molecule has 0 bridgehead atoms. The van der Waals surface area contributed by atoms with Gasteiger partial charge in [0.25, 0.3) is 0 Å². The summed E-state index contributed by atoms with van der Waals surface area (Å²) >= 11 is 0. The van der Waals surface area contributed by atoms with E-state index >= 15 is 0 Å². The van der Waals surface area contributed by atoms with Gasteiger partial charge in [-0.1, -0.05) is 152 Å². The van der Waals surface area contributed by atoms with E-state index in [0.717, 1.165) is 49.5 Å². The lowest BCUT2D eigenvalue weighted by Gasteiger charge is -2.19. The maximum absolute atomic E-state index is 9.32. The Labute approximate surface area is 289 Å². The van der Waals surface area contributed by atoms with Crippen molar-refractivity contribution in [3.8, 4) is 62.5 Å². The summed E-state index contributed by atoms with van der Waals surface area (Å²) in [6.07, 6.45) is 0. The van der Waals surface area contributed by atoms with Crippen molar-refractivity contribution in [3.63, 3.8) is 0 Å². The molecule has 0 radical (unpaired) electrons. The van der Waals surface area contributed by atoms with Crippen LogP contribution in [0.2, 0.25) is 0 Å². The number of aromatic nitrogens is 3. The van der Waals surface area contributed by atoms with Crippen LogP contribution in [0.3, 0.4) is 0 Å². The van der Waals surface area contributed by atoms with Crippen LogP contribution in [0.5, 0.6) is 0 Å². The molecular weight excluding hydrogens is 609 g/mol. The van der Waals surface area contributed by atoms with Crippen molar-refractivity contribution in [1.82, 2.24) is 15.0 Å². The maximum Gasteiger partial charge on any atom is 0.165 e. The first-order valence-electron chi connectivity index (χ1n) is 16.6. The van der Waals surface area contributed by atoms with Crippen molar-refractivity contribution in [2.45, 2.75) is 0 Å². The quantitative estimate of drug-likeness (QED) is 0.139. The van der Waals surface area contributed by atoms with Crippen molar-refractivity contribution in [1.29, 1.82) is 5.26 Å². The van der Waals surface area contributed by atoms with Gasteiger partial charge in [0.15, 0.2) is 17.5 Å². The van der Waals surface area contributed by atoms with Gasteiger partial charge in [0.2, 0.25) is 0 Å². The number of nitrogens with zero attached hydrogens (tertiary/aromatic N) is 4. The highest BCUT2D eigenvalue weighted by Crippen LogP contribution is 2.45. The van der Waals surface area contributed by atoms with Crippen LogP contribution in [0, 0.1) is 11.3 Å². The van der Waals surface area contributed by atoms with Gasteiger partial charge in [-0.2, -0.15) is 5.26 Å². The zero-order chi connectivity index (χ0) is 33.4. The predicted molar refractivity (Wildman–Crippen MR) is 204 cm³/mol. The van der Waals surface area contributed by atoms with E-state index in [9.17, 15) is 5.26 Å². The summed E-state index contributed by atoms with van der Waals surface area (Å²) in [7, 11) is 0. The average Bonchev–Trinajstić information content (AvgIpc) is 3.20. The molecule has 0 unspecified atom stereocenters. The number of hydrogen-bond donors (Lipinski definition) is 0. The zero-order valence-corrected chi connectivity index (χ0v) is 27.0. The van der Waals surface area contributed by atoms with Gasteiger partial charge in [-0.25, -0.2) is 15.0 Å². The Morgan fingerprint density at radius 2 is 0.920 bits per heavy atom. The fraction of sp³-hybridized carbons (Fsp3) is 0. The number of benzene rings is 8. The van der Waals surface area contributed by atoms with Crippen molar-refractivity contribution in [2.24, 2.45) is 0 Å². The fourth-order valence-electron chi connectivity index (χ4n) is 7.00. The van der Waals surface area contributed by atoms with Gasteiger partial charge in [0.1, 0.15) is 0 Å². The first kappa shape index (κ1) is 29.2. The summed E-state index contributed by atoms with van der Waals surface area (Å²) in [6.45, 7) is 0. The monoisotopic (exact) mass is 636 g/mol. The summed E-state index contributed by atoms with van der Waals surface area (Å²) in [6, 6.07) is 60.5. The third-order valence-corrected chi connectivity index (χ3v) is 9.34. The van der Waals surface area contributed by atoms with Crippen molar-refractivity contribution in [2.75, 3.05) is 0 Å². The van der Waals surface area contributed by atoms with Crippen LogP contribution < -0.4 is 0 Å². The molecule has 0 amide bonds. The Kier molecular flexibility index (Phi) is 7.15. The molecule has 0 aliphatic carbocycles. The first-order valence-corrected chi connectivity index (χ1v) is 16.6. The minimum absolute atomic E-state index is 0.592. The largest absolute Gasteiger partial charge is 0.208 e. The van der Waals surface area contributed by atoms with E-state index in [4.69, 9.17) is 15.0 Å². The highest BCUT2D eigenvalue weighted by molar-refractivity contribution is 6.27. The Morgan fingerprint density at radius 1 is 0.360 bits per heavy atom. The molecule has 4 nitrogen and oxygen atoms in total. The minimum atomic E-state index is 0.592. The van der Waals surface area contributed by atoms with Gasteiger partial charge in [0.05, 0.1) is 11.6 Å². The summed E-state index contributed by atoms with van der Waals surface area (Å²) in [5.74, 6) is 1.82. The van der Waals surface area contributed by atoms with Crippen LogP contribution in [-0.4, -0.2) is 15.0 Å². The summed E-state index contributed by atoms with van der Waals surface area (Å²) in [4.78, 5) is 15.6. The van der Waals surface area contributed by atoms with E-state index in [2.05, 4.69) is 109 Å². The number of rotatable bonds is 5. The van der Waals surface area contributed by atoms with Gasteiger partial charge in [0, 0.05) is 16.7 Å². The molecule has 0 aliphatic heterocycles. The Balaban J connectivity index is 1.36. The third kappa shape index (κ3) is 5.06. The molecule has 1 heterocycles. The standard InChI is InChI=1S/C46H28N4/c47-29-30-22-24-31(25-23-30)35-17-11-18-36(28-35)45-48-44(34-15-5-2-6-16-34)49-46(50-45)43-39-21-10-9-20-38(39)41(33-13-3-1-4-14-33)42-37-19-8-7-12-32(37)26-27-40(42)43/h1-28H. The van der Waals surface area contributed by atoms with E-state index < -0.39 is 0 Å². The van der Waals surface area contributed by atoms with Crippen LogP contribution in [0.1, 0.15) is 5.56 Å². The summed E-state index contributed by atoms with van der Waals surface area (Å²) < 4.78 is 0. The highest BCUT2D eigenvalue weighted by atomic mass is 15.0. The molecule has 4 heteroatoms. The van der Waals surface area contributed by atoms with Gasteiger partial charge in [-0.3, -0.25) is 0 Å². The van der Waals surface area contributed by atoms with Crippen LogP contribution in [0.4, 0.5) is 0 Å². The maximum atomic E-state index is 9.32. The molecule has 0 aliphatic rings. The lowest BCUT2D eigenvalue weighted by molar-refractivity contribution is 1.08. The predicted octanol–water partition coefficient (Wildman–Crippen LogP) is 11.5. The first-order chi connectivity index (χ1) is 24.7. The Morgan fingerprint density at radius 3 is 1.64 bits per heavy atom. The number of fused-ring (bicyclic) bond motifs is 4. The molecule has 232 valence electrons. The lowest BCUT2D eigenvalue weighted by atomic mass is 9.86. The molecule has 0 fully saturated rings.